The van der Waals surface area contributed by atoms with E-state index >= 15 is 0 Å². The van der Waals surface area contributed by atoms with Gasteiger partial charge in [-0.2, -0.15) is 10.2 Å². The molecule has 2 rings (SSSR count). The molecule has 0 aliphatic rings. The highest BCUT2D eigenvalue weighted by Crippen LogP contribution is 2.24. The summed E-state index contributed by atoms with van der Waals surface area (Å²) in [5, 5.41) is 9.75. The first-order valence-corrected chi connectivity index (χ1v) is 6.76. The first-order chi connectivity index (χ1) is 8.77. The Balaban J connectivity index is 2.93. The Bertz CT molecular complexity index is 658. The van der Waals surface area contributed by atoms with Gasteiger partial charge in [-0.1, -0.05) is 13.8 Å². The second-order valence-corrected chi connectivity index (χ2v) is 6.15. The van der Waals surface area contributed by atoms with Gasteiger partial charge in [0.05, 0.1) is 17.4 Å². The lowest BCUT2D eigenvalue weighted by atomic mass is 10.1. The number of fused-ring (bicyclic) bond motifs is 1. The Hall–Kier alpha value is -1.65. The molecule has 0 N–H and O–H groups in total. The Morgan fingerprint density at radius 1 is 1.32 bits per heavy atom. The molecule has 2 heterocycles. The highest BCUT2D eigenvalue weighted by atomic mass is 16.1. The van der Waals surface area contributed by atoms with Gasteiger partial charge in [0.25, 0.3) is 5.56 Å². The maximum Gasteiger partial charge on any atom is 0.292 e. The average Bonchev–Trinajstić information content (AvgIpc) is 2.73. The van der Waals surface area contributed by atoms with Gasteiger partial charge in [0.1, 0.15) is 5.52 Å². The third-order valence-electron chi connectivity index (χ3n) is 3.19. The van der Waals surface area contributed by atoms with Crippen molar-refractivity contribution in [3.8, 4) is 0 Å². The zero-order valence-electron chi connectivity index (χ0n) is 12.6. The molecular weight excluding hydrogens is 240 g/mol. The largest absolute Gasteiger partial charge is 0.292 e. The van der Waals surface area contributed by atoms with Crippen molar-refractivity contribution in [2.75, 3.05) is 0 Å². The lowest BCUT2D eigenvalue weighted by Crippen LogP contribution is -2.30. The molecule has 0 fully saturated rings. The van der Waals surface area contributed by atoms with E-state index in [-0.39, 0.29) is 17.0 Å². The molecule has 2 aromatic rings. The fourth-order valence-electron chi connectivity index (χ4n) is 2.24. The smallest absolute Gasteiger partial charge is 0.265 e. The molecule has 2 aromatic heterocycles. The Morgan fingerprint density at radius 3 is 2.42 bits per heavy atom. The van der Waals surface area contributed by atoms with E-state index in [9.17, 15) is 4.79 Å². The topological polar surface area (TPSA) is 52.7 Å². The molecule has 0 aromatic carbocycles. The maximum absolute atomic E-state index is 12.5. The number of hydrogen-bond donors (Lipinski definition) is 0. The second kappa shape index (κ2) is 4.47. The van der Waals surface area contributed by atoms with Gasteiger partial charge in [-0.3, -0.25) is 9.48 Å². The van der Waals surface area contributed by atoms with Crippen LogP contribution in [-0.4, -0.2) is 19.6 Å². The molecule has 0 saturated heterocycles. The van der Waals surface area contributed by atoms with Crippen LogP contribution < -0.4 is 5.56 Å². The van der Waals surface area contributed by atoms with E-state index < -0.39 is 0 Å². The zero-order chi connectivity index (χ0) is 14.4. The van der Waals surface area contributed by atoms with Gasteiger partial charge in [-0.15, -0.1) is 0 Å². The number of aromatic nitrogens is 4. The highest BCUT2D eigenvalue weighted by molar-refractivity contribution is 5.80. The van der Waals surface area contributed by atoms with Gasteiger partial charge < -0.3 is 0 Å². The molecule has 0 aliphatic carbocycles. The number of aryl methyl sites for hydroxylation is 1. The number of nitrogens with zero attached hydrogens (tertiary/aromatic N) is 4. The highest BCUT2D eigenvalue weighted by Gasteiger charge is 2.23. The number of rotatable bonds is 2. The first kappa shape index (κ1) is 13.8. The van der Waals surface area contributed by atoms with E-state index in [0.29, 0.717) is 12.1 Å². The van der Waals surface area contributed by atoms with Crippen LogP contribution in [0.25, 0.3) is 10.9 Å². The maximum atomic E-state index is 12.5. The van der Waals surface area contributed by atoms with Crippen molar-refractivity contribution < 1.29 is 0 Å². The van der Waals surface area contributed by atoms with E-state index in [1.54, 1.807) is 6.20 Å². The molecule has 0 amide bonds. The lowest BCUT2D eigenvalue weighted by Gasteiger charge is -2.20. The second-order valence-electron chi connectivity index (χ2n) is 6.15. The lowest BCUT2D eigenvalue weighted by molar-refractivity contribution is 0.366. The molecule has 0 spiro atoms. The van der Waals surface area contributed by atoms with E-state index in [2.05, 4.69) is 24.0 Å². The minimum atomic E-state index is -0.220. The van der Waals surface area contributed by atoms with Crippen molar-refractivity contribution in [3.05, 3.63) is 22.2 Å². The van der Waals surface area contributed by atoms with Gasteiger partial charge in [0, 0.05) is 11.9 Å². The van der Waals surface area contributed by atoms with Crippen LogP contribution in [0.3, 0.4) is 0 Å². The van der Waals surface area contributed by atoms with Crippen LogP contribution in [0.4, 0.5) is 0 Å². The minimum Gasteiger partial charge on any atom is -0.265 e. The van der Waals surface area contributed by atoms with Crippen LogP contribution in [-0.2, 0) is 12.1 Å². The standard InChI is InChI=1S/C14H22N4O/c1-7-17-13(19)12-10(11(16-17)9(2)3)8-15-18(12)14(4,5)6/h8-9H,7H2,1-6H3. The SMILES string of the molecule is CCn1nc(C(C)C)c2cnn(C(C)(C)C)c2c1=O. The molecule has 19 heavy (non-hydrogen) atoms. The first-order valence-electron chi connectivity index (χ1n) is 6.76. The zero-order valence-corrected chi connectivity index (χ0v) is 12.6. The normalized spacial score (nSPS) is 12.6. The fraction of sp³-hybridized carbons (Fsp3) is 0.643. The van der Waals surface area contributed by atoms with Crippen molar-refractivity contribution in [1.82, 2.24) is 19.6 Å². The van der Waals surface area contributed by atoms with E-state index in [4.69, 9.17) is 0 Å². The van der Waals surface area contributed by atoms with Crippen LogP contribution in [0.1, 0.15) is 53.2 Å². The molecule has 0 bridgehead atoms. The summed E-state index contributed by atoms with van der Waals surface area (Å²) in [6.07, 6.45) is 1.77. The monoisotopic (exact) mass is 262 g/mol. The summed E-state index contributed by atoms with van der Waals surface area (Å²) in [5.74, 6) is 0.263. The molecule has 0 unspecified atom stereocenters. The Kier molecular flexibility index (Phi) is 3.24. The number of hydrogen-bond acceptors (Lipinski definition) is 3. The summed E-state index contributed by atoms with van der Waals surface area (Å²) < 4.78 is 3.34. The molecule has 104 valence electrons. The summed E-state index contributed by atoms with van der Waals surface area (Å²) >= 11 is 0. The van der Waals surface area contributed by atoms with Crippen LogP contribution in [0.15, 0.2) is 11.0 Å². The molecule has 0 atom stereocenters. The fourth-order valence-corrected chi connectivity index (χ4v) is 2.24. The molecule has 0 radical (unpaired) electrons. The van der Waals surface area contributed by atoms with Gasteiger partial charge >= 0.3 is 0 Å². The average molecular weight is 262 g/mol. The summed E-state index contributed by atoms with van der Waals surface area (Å²) in [7, 11) is 0. The Morgan fingerprint density at radius 2 is 1.95 bits per heavy atom. The van der Waals surface area contributed by atoms with Crippen molar-refractivity contribution >= 4 is 10.9 Å². The van der Waals surface area contributed by atoms with Crippen molar-refractivity contribution in [2.24, 2.45) is 0 Å². The van der Waals surface area contributed by atoms with Crippen molar-refractivity contribution in [2.45, 2.75) is 59.5 Å². The molecule has 5 nitrogen and oxygen atoms in total. The van der Waals surface area contributed by atoms with E-state index in [0.717, 1.165) is 11.1 Å². The minimum absolute atomic E-state index is 0.0608. The van der Waals surface area contributed by atoms with E-state index in [1.807, 2.05) is 32.4 Å². The van der Waals surface area contributed by atoms with Crippen molar-refractivity contribution in [1.29, 1.82) is 0 Å². The van der Waals surface area contributed by atoms with Gasteiger partial charge in [0.15, 0.2) is 0 Å². The molecular formula is C14H22N4O. The molecule has 0 aliphatic heterocycles. The summed E-state index contributed by atoms with van der Waals surface area (Å²) in [6, 6.07) is 0. The third kappa shape index (κ3) is 2.17. The summed E-state index contributed by atoms with van der Waals surface area (Å²) in [5.41, 5.74) is 1.32. The molecule has 5 heteroatoms. The quantitative estimate of drug-likeness (QED) is 0.835. The third-order valence-corrected chi connectivity index (χ3v) is 3.19. The van der Waals surface area contributed by atoms with E-state index in [1.165, 1.54) is 4.68 Å². The van der Waals surface area contributed by atoms with Crippen LogP contribution in [0.2, 0.25) is 0 Å². The van der Waals surface area contributed by atoms with Crippen molar-refractivity contribution in [3.63, 3.8) is 0 Å². The van der Waals surface area contributed by atoms with Gasteiger partial charge in [-0.25, -0.2) is 4.68 Å². The van der Waals surface area contributed by atoms with Crippen LogP contribution in [0, 0.1) is 0 Å². The van der Waals surface area contributed by atoms with Gasteiger partial charge in [-0.05, 0) is 33.6 Å². The summed E-state index contributed by atoms with van der Waals surface area (Å²) in [4.78, 5) is 12.5. The Labute approximate surface area is 113 Å². The van der Waals surface area contributed by atoms with Gasteiger partial charge in [0.2, 0.25) is 0 Å². The summed E-state index contributed by atoms with van der Waals surface area (Å²) in [6.45, 7) is 12.8. The molecule has 0 saturated carbocycles. The van der Waals surface area contributed by atoms with Crippen LogP contribution in [0.5, 0.6) is 0 Å². The predicted molar refractivity (Wildman–Crippen MR) is 76.5 cm³/mol. The van der Waals surface area contributed by atoms with Crippen LogP contribution >= 0.6 is 0 Å². The predicted octanol–water partition coefficient (Wildman–Crippen LogP) is 2.49.